The topological polar surface area (TPSA) is 56.1 Å². The number of hydrogen-bond donors (Lipinski definition) is 1. The Morgan fingerprint density at radius 3 is 2.90 bits per heavy atom. The zero-order valence-electron chi connectivity index (χ0n) is 12.1. The summed E-state index contributed by atoms with van der Waals surface area (Å²) in [4.78, 5) is 12.1. The van der Waals surface area contributed by atoms with Crippen LogP contribution < -0.4 is 10.9 Å². The van der Waals surface area contributed by atoms with Gasteiger partial charge in [-0.05, 0) is 26.2 Å². The average molecular weight is 300 g/mol. The number of halogens is 1. The molecule has 1 fully saturated rings. The Morgan fingerprint density at radius 1 is 1.50 bits per heavy atom. The Bertz CT molecular complexity index is 498. The van der Waals surface area contributed by atoms with Gasteiger partial charge in [0.25, 0.3) is 5.56 Å². The van der Waals surface area contributed by atoms with Gasteiger partial charge in [-0.25, -0.2) is 4.68 Å². The maximum absolute atomic E-state index is 12.1. The van der Waals surface area contributed by atoms with Gasteiger partial charge in [0.2, 0.25) is 0 Å². The maximum Gasteiger partial charge on any atom is 0.287 e. The van der Waals surface area contributed by atoms with Gasteiger partial charge in [0.1, 0.15) is 5.02 Å². The summed E-state index contributed by atoms with van der Waals surface area (Å²) in [7, 11) is 0. The van der Waals surface area contributed by atoms with Crippen LogP contribution in [0.25, 0.3) is 0 Å². The molecule has 0 saturated heterocycles. The second-order valence-corrected chi connectivity index (χ2v) is 5.52. The molecule has 2 rings (SSSR count). The van der Waals surface area contributed by atoms with Gasteiger partial charge in [-0.1, -0.05) is 24.9 Å². The van der Waals surface area contributed by atoms with E-state index >= 15 is 0 Å². The van der Waals surface area contributed by atoms with Crippen LogP contribution in [0.2, 0.25) is 5.02 Å². The number of unbranched alkanes of at least 4 members (excludes halogenated alkanes) is 1. The zero-order valence-corrected chi connectivity index (χ0v) is 12.8. The Kier molecular flexibility index (Phi) is 5.43. The maximum atomic E-state index is 12.1. The molecule has 0 spiro atoms. The standard InChI is InChI=1S/C14H22ClN3O2/c1-3-5-6-18-14(19)13(15)12(9-16-18)17-10-7-11(8-10)20-4-2/h9-11,17H,3-8H2,1-2H3. The number of anilines is 1. The lowest BCUT2D eigenvalue weighted by molar-refractivity contribution is 0.00298. The van der Waals surface area contributed by atoms with Gasteiger partial charge in [0, 0.05) is 19.2 Å². The second-order valence-electron chi connectivity index (χ2n) is 5.14. The number of aromatic nitrogens is 2. The van der Waals surface area contributed by atoms with E-state index in [0.29, 0.717) is 24.4 Å². The SMILES string of the molecule is CCCCn1ncc(NC2CC(OCC)C2)c(Cl)c1=O. The molecular weight excluding hydrogens is 278 g/mol. The van der Waals surface area contributed by atoms with Crippen molar-refractivity contribution in [2.75, 3.05) is 11.9 Å². The molecule has 0 aliphatic heterocycles. The van der Waals surface area contributed by atoms with Gasteiger partial charge in [-0.2, -0.15) is 5.10 Å². The van der Waals surface area contributed by atoms with Crippen LogP contribution in [0, 0.1) is 0 Å². The van der Waals surface area contributed by atoms with Crippen LogP contribution >= 0.6 is 11.6 Å². The molecule has 1 saturated carbocycles. The molecule has 1 aliphatic rings. The summed E-state index contributed by atoms with van der Waals surface area (Å²) >= 11 is 6.13. The Balaban J connectivity index is 1.96. The Labute approximate surface area is 124 Å². The second kappa shape index (κ2) is 7.09. The zero-order chi connectivity index (χ0) is 14.5. The minimum absolute atomic E-state index is 0.217. The van der Waals surface area contributed by atoms with Crippen molar-refractivity contribution in [2.45, 2.75) is 58.2 Å². The van der Waals surface area contributed by atoms with Crippen molar-refractivity contribution in [3.8, 4) is 0 Å². The fraction of sp³-hybridized carbons (Fsp3) is 0.714. The summed E-state index contributed by atoms with van der Waals surface area (Å²) in [5, 5.41) is 7.67. The molecule has 6 heteroatoms. The molecule has 5 nitrogen and oxygen atoms in total. The predicted molar refractivity (Wildman–Crippen MR) is 80.5 cm³/mol. The highest BCUT2D eigenvalue weighted by molar-refractivity contribution is 6.32. The molecule has 1 heterocycles. The van der Waals surface area contributed by atoms with Crippen LogP contribution in [0.5, 0.6) is 0 Å². The molecule has 0 amide bonds. The first kappa shape index (κ1) is 15.3. The number of nitrogens with zero attached hydrogens (tertiary/aromatic N) is 2. The van der Waals surface area contributed by atoms with E-state index in [0.717, 1.165) is 32.3 Å². The normalized spacial score (nSPS) is 21.6. The molecule has 112 valence electrons. The molecule has 0 atom stereocenters. The highest BCUT2D eigenvalue weighted by Gasteiger charge is 2.30. The minimum atomic E-state index is -0.217. The molecule has 0 bridgehead atoms. The van der Waals surface area contributed by atoms with Gasteiger partial charge in [0.05, 0.1) is 18.0 Å². The van der Waals surface area contributed by atoms with E-state index in [9.17, 15) is 4.79 Å². The Hall–Kier alpha value is -1.07. The summed E-state index contributed by atoms with van der Waals surface area (Å²) in [6.07, 6.45) is 5.81. The van der Waals surface area contributed by atoms with E-state index in [-0.39, 0.29) is 10.6 Å². The largest absolute Gasteiger partial charge is 0.379 e. The van der Waals surface area contributed by atoms with Gasteiger partial charge in [-0.3, -0.25) is 4.79 Å². The first-order chi connectivity index (χ1) is 9.65. The van der Waals surface area contributed by atoms with Gasteiger partial charge in [-0.15, -0.1) is 0 Å². The van der Waals surface area contributed by atoms with E-state index in [2.05, 4.69) is 17.3 Å². The van der Waals surface area contributed by atoms with E-state index in [1.807, 2.05) is 6.92 Å². The summed E-state index contributed by atoms with van der Waals surface area (Å²) in [6.45, 7) is 5.43. The highest BCUT2D eigenvalue weighted by atomic mass is 35.5. The van der Waals surface area contributed by atoms with Crippen molar-refractivity contribution in [3.63, 3.8) is 0 Å². The highest BCUT2D eigenvalue weighted by Crippen LogP contribution is 2.28. The molecule has 1 aliphatic carbocycles. The number of hydrogen-bond acceptors (Lipinski definition) is 4. The van der Waals surface area contributed by atoms with Crippen LogP contribution in [-0.2, 0) is 11.3 Å². The molecule has 1 aromatic rings. The lowest BCUT2D eigenvalue weighted by Crippen LogP contribution is -2.41. The summed E-state index contributed by atoms with van der Waals surface area (Å²) in [5.74, 6) is 0. The summed E-state index contributed by atoms with van der Waals surface area (Å²) < 4.78 is 6.94. The van der Waals surface area contributed by atoms with Gasteiger partial charge >= 0.3 is 0 Å². The van der Waals surface area contributed by atoms with Crippen molar-refractivity contribution in [1.29, 1.82) is 0 Å². The smallest absolute Gasteiger partial charge is 0.287 e. The van der Waals surface area contributed by atoms with Crippen LogP contribution in [0.15, 0.2) is 11.0 Å². The quantitative estimate of drug-likeness (QED) is 0.841. The molecule has 1 aromatic heterocycles. The van der Waals surface area contributed by atoms with Crippen molar-refractivity contribution in [3.05, 3.63) is 21.6 Å². The number of rotatable bonds is 7. The molecule has 0 radical (unpaired) electrons. The van der Waals surface area contributed by atoms with Crippen molar-refractivity contribution < 1.29 is 4.74 Å². The van der Waals surface area contributed by atoms with Crippen LogP contribution in [-0.4, -0.2) is 28.5 Å². The lowest BCUT2D eigenvalue weighted by Gasteiger charge is -2.36. The fourth-order valence-electron chi connectivity index (χ4n) is 2.31. The third kappa shape index (κ3) is 3.52. The van der Waals surface area contributed by atoms with Crippen LogP contribution in [0.4, 0.5) is 5.69 Å². The summed E-state index contributed by atoms with van der Waals surface area (Å²) in [6, 6.07) is 0.316. The van der Waals surface area contributed by atoms with E-state index < -0.39 is 0 Å². The summed E-state index contributed by atoms with van der Waals surface area (Å²) in [5.41, 5.74) is 0.412. The first-order valence-electron chi connectivity index (χ1n) is 7.29. The minimum Gasteiger partial charge on any atom is -0.379 e. The molecule has 0 aromatic carbocycles. The number of ether oxygens (including phenoxy) is 1. The van der Waals surface area contributed by atoms with Crippen LogP contribution in [0.3, 0.4) is 0 Å². The van der Waals surface area contributed by atoms with Crippen molar-refractivity contribution in [1.82, 2.24) is 9.78 Å². The number of aryl methyl sites for hydroxylation is 1. The monoisotopic (exact) mass is 299 g/mol. The third-order valence-electron chi connectivity index (χ3n) is 3.57. The third-order valence-corrected chi connectivity index (χ3v) is 3.93. The number of nitrogens with one attached hydrogen (secondary N) is 1. The van der Waals surface area contributed by atoms with Crippen molar-refractivity contribution >= 4 is 17.3 Å². The van der Waals surface area contributed by atoms with E-state index in [4.69, 9.17) is 16.3 Å². The molecular formula is C14H22ClN3O2. The fourth-order valence-corrected chi connectivity index (χ4v) is 2.51. The van der Waals surface area contributed by atoms with E-state index in [1.54, 1.807) is 6.20 Å². The lowest BCUT2D eigenvalue weighted by atomic mass is 9.89. The van der Waals surface area contributed by atoms with E-state index in [1.165, 1.54) is 4.68 Å². The average Bonchev–Trinajstić information content (AvgIpc) is 2.40. The molecule has 20 heavy (non-hydrogen) atoms. The van der Waals surface area contributed by atoms with Gasteiger partial charge in [0.15, 0.2) is 0 Å². The Morgan fingerprint density at radius 2 is 2.25 bits per heavy atom. The molecule has 0 unspecified atom stereocenters. The first-order valence-corrected chi connectivity index (χ1v) is 7.67. The van der Waals surface area contributed by atoms with Gasteiger partial charge < -0.3 is 10.1 Å². The van der Waals surface area contributed by atoms with Crippen molar-refractivity contribution in [2.24, 2.45) is 0 Å². The predicted octanol–water partition coefficient (Wildman–Crippen LogP) is 2.68. The van der Waals surface area contributed by atoms with Crippen LogP contribution in [0.1, 0.15) is 39.5 Å². The molecule has 1 N–H and O–H groups in total.